The first-order valence-electron chi connectivity index (χ1n) is 4.22. The fourth-order valence-corrected chi connectivity index (χ4v) is 1.78. The standard InChI is InChI=1S/C8H6N6S/c9-5-1-2-7-11-12-8(14(7)3-5)6-4-15-13-10-6/h1-4H,9H2. The maximum absolute atomic E-state index is 5.70. The lowest BCUT2D eigenvalue weighted by atomic mass is 10.4. The monoisotopic (exact) mass is 218 g/mol. The number of anilines is 1. The molecule has 3 rings (SSSR count). The molecule has 0 atom stereocenters. The number of hydrogen-bond acceptors (Lipinski definition) is 6. The van der Waals surface area contributed by atoms with Gasteiger partial charge in [-0.3, -0.25) is 4.40 Å². The van der Waals surface area contributed by atoms with Crippen molar-refractivity contribution in [2.45, 2.75) is 0 Å². The lowest BCUT2D eigenvalue weighted by Crippen LogP contribution is -1.93. The minimum Gasteiger partial charge on any atom is -0.398 e. The van der Waals surface area contributed by atoms with Gasteiger partial charge in [0.05, 0.1) is 0 Å². The van der Waals surface area contributed by atoms with E-state index < -0.39 is 0 Å². The zero-order chi connectivity index (χ0) is 10.3. The number of rotatable bonds is 1. The quantitative estimate of drug-likeness (QED) is 0.654. The van der Waals surface area contributed by atoms with Crippen LogP contribution in [0.1, 0.15) is 0 Å². The second kappa shape index (κ2) is 2.99. The van der Waals surface area contributed by atoms with Crippen LogP contribution in [-0.2, 0) is 0 Å². The summed E-state index contributed by atoms with van der Waals surface area (Å²) < 4.78 is 5.58. The molecular weight excluding hydrogens is 212 g/mol. The highest BCUT2D eigenvalue weighted by Gasteiger charge is 2.09. The van der Waals surface area contributed by atoms with E-state index in [1.54, 1.807) is 16.7 Å². The lowest BCUT2D eigenvalue weighted by Gasteiger charge is -1.96. The first kappa shape index (κ1) is 8.30. The fraction of sp³-hybridized carbons (Fsp3) is 0. The van der Waals surface area contributed by atoms with Crippen LogP contribution in [0.15, 0.2) is 23.7 Å². The molecule has 0 aromatic carbocycles. The van der Waals surface area contributed by atoms with E-state index in [0.717, 1.165) is 5.65 Å². The second-order valence-electron chi connectivity index (χ2n) is 3.00. The normalized spacial score (nSPS) is 10.9. The van der Waals surface area contributed by atoms with Crippen LogP contribution in [0.4, 0.5) is 5.69 Å². The summed E-state index contributed by atoms with van der Waals surface area (Å²) in [5.41, 5.74) is 7.80. The molecule has 0 spiro atoms. The number of nitrogens with two attached hydrogens (primary N) is 1. The zero-order valence-corrected chi connectivity index (χ0v) is 8.35. The molecule has 0 amide bonds. The molecule has 2 N–H and O–H groups in total. The minimum absolute atomic E-state index is 0.658. The molecule has 7 heteroatoms. The molecule has 0 radical (unpaired) electrons. The maximum Gasteiger partial charge on any atom is 0.189 e. The van der Waals surface area contributed by atoms with Crippen LogP contribution in [0.2, 0.25) is 0 Å². The van der Waals surface area contributed by atoms with Gasteiger partial charge in [0.25, 0.3) is 0 Å². The first-order valence-corrected chi connectivity index (χ1v) is 5.06. The van der Waals surface area contributed by atoms with Crippen molar-refractivity contribution in [2.24, 2.45) is 0 Å². The van der Waals surface area contributed by atoms with Crippen LogP contribution in [-0.4, -0.2) is 24.2 Å². The van der Waals surface area contributed by atoms with E-state index in [1.165, 1.54) is 11.5 Å². The van der Waals surface area contributed by atoms with Gasteiger partial charge in [-0.25, -0.2) is 0 Å². The Morgan fingerprint density at radius 3 is 2.93 bits per heavy atom. The van der Waals surface area contributed by atoms with E-state index >= 15 is 0 Å². The Morgan fingerprint density at radius 1 is 1.20 bits per heavy atom. The molecule has 6 nitrogen and oxygen atoms in total. The van der Waals surface area contributed by atoms with Gasteiger partial charge in [-0.15, -0.1) is 15.3 Å². The molecule has 0 bridgehead atoms. The third-order valence-corrected chi connectivity index (χ3v) is 2.52. The summed E-state index contributed by atoms with van der Waals surface area (Å²) in [6.45, 7) is 0. The van der Waals surface area contributed by atoms with Gasteiger partial charge >= 0.3 is 0 Å². The van der Waals surface area contributed by atoms with Crippen LogP contribution in [0.5, 0.6) is 0 Å². The summed E-state index contributed by atoms with van der Waals surface area (Å²) in [6.07, 6.45) is 1.77. The molecule has 0 fully saturated rings. The van der Waals surface area contributed by atoms with Gasteiger partial charge in [0.2, 0.25) is 0 Å². The third kappa shape index (κ3) is 1.24. The van der Waals surface area contributed by atoms with Gasteiger partial charge < -0.3 is 5.73 Å². The molecule has 15 heavy (non-hydrogen) atoms. The van der Waals surface area contributed by atoms with Crippen molar-refractivity contribution in [1.29, 1.82) is 0 Å². The molecule has 0 saturated carbocycles. The van der Waals surface area contributed by atoms with Gasteiger partial charge in [0.15, 0.2) is 11.5 Å². The number of nitrogen functional groups attached to an aromatic ring is 1. The van der Waals surface area contributed by atoms with Gasteiger partial charge in [-0.2, -0.15) is 0 Å². The topological polar surface area (TPSA) is 82.0 Å². The van der Waals surface area contributed by atoms with Crippen LogP contribution < -0.4 is 5.73 Å². The van der Waals surface area contributed by atoms with Crippen molar-refractivity contribution in [3.63, 3.8) is 0 Å². The molecule has 0 aliphatic heterocycles. The highest BCUT2D eigenvalue weighted by Crippen LogP contribution is 2.17. The molecular formula is C8H6N6S. The average Bonchev–Trinajstić information content (AvgIpc) is 2.83. The summed E-state index contributed by atoms with van der Waals surface area (Å²) in [5.74, 6) is 0.658. The summed E-state index contributed by atoms with van der Waals surface area (Å²) in [5, 5.41) is 13.8. The van der Waals surface area contributed by atoms with Crippen molar-refractivity contribution in [3.8, 4) is 11.5 Å². The van der Waals surface area contributed by atoms with Crippen LogP contribution in [0.3, 0.4) is 0 Å². The van der Waals surface area contributed by atoms with Crippen LogP contribution >= 0.6 is 11.5 Å². The summed E-state index contributed by atoms with van der Waals surface area (Å²) in [4.78, 5) is 0. The van der Waals surface area contributed by atoms with Gasteiger partial charge in [-0.05, 0) is 23.7 Å². The summed E-state index contributed by atoms with van der Waals surface area (Å²) >= 11 is 1.28. The molecule has 3 heterocycles. The Balaban J connectivity index is 2.32. The van der Waals surface area contributed by atoms with Crippen molar-refractivity contribution >= 4 is 22.9 Å². The van der Waals surface area contributed by atoms with E-state index in [9.17, 15) is 0 Å². The van der Waals surface area contributed by atoms with Crippen LogP contribution in [0, 0.1) is 0 Å². The van der Waals surface area contributed by atoms with Crippen molar-refractivity contribution < 1.29 is 0 Å². The molecule has 74 valence electrons. The minimum atomic E-state index is 0.658. The zero-order valence-electron chi connectivity index (χ0n) is 7.53. The average molecular weight is 218 g/mol. The lowest BCUT2D eigenvalue weighted by molar-refractivity contribution is 1.07. The van der Waals surface area contributed by atoms with E-state index in [2.05, 4.69) is 19.8 Å². The van der Waals surface area contributed by atoms with E-state index in [1.807, 2.05) is 11.4 Å². The molecule has 0 aliphatic carbocycles. The molecule has 3 aromatic rings. The third-order valence-electron chi connectivity index (χ3n) is 2.01. The van der Waals surface area contributed by atoms with E-state index in [0.29, 0.717) is 17.2 Å². The number of fused-ring (bicyclic) bond motifs is 1. The number of hydrogen-bond donors (Lipinski definition) is 1. The van der Waals surface area contributed by atoms with E-state index in [4.69, 9.17) is 5.73 Å². The Hall–Kier alpha value is -2.02. The van der Waals surface area contributed by atoms with Crippen molar-refractivity contribution in [1.82, 2.24) is 24.2 Å². The van der Waals surface area contributed by atoms with Crippen molar-refractivity contribution in [2.75, 3.05) is 5.73 Å². The SMILES string of the molecule is Nc1ccc2nnc(-c3csnn3)n2c1. The predicted molar refractivity (Wildman–Crippen MR) is 56.3 cm³/mol. The van der Waals surface area contributed by atoms with Crippen molar-refractivity contribution in [3.05, 3.63) is 23.7 Å². The Labute approximate surface area is 88.5 Å². The largest absolute Gasteiger partial charge is 0.398 e. The Morgan fingerprint density at radius 2 is 2.13 bits per heavy atom. The smallest absolute Gasteiger partial charge is 0.189 e. The number of aromatic nitrogens is 5. The highest BCUT2D eigenvalue weighted by atomic mass is 32.1. The summed E-state index contributed by atoms with van der Waals surface area (Å²) in [6, 6.07) is 3.60. The number of pyridine rings is 1. The second-order valence-corrected chi connectivity index (χ2v) is 3.61. The van der Waals surface area contributed by atoms with Gasteiger partial charge in [0.1, 0.15) is 5.69 Å². The van der Waals surface area contributed by atoms with Gasteiger partial charge in [-0.1, -0.05) is 4.49 Å². The maximum atomic E-state index is 5.70. The highest BCUT2D eigenvalue weighted by molar-refractivity contribution is 7.03. The Bertz CT molecular complexity index is 599. The van der Waals surface area contributed by atoms with E-state index in [-0.39, 0.29) is 0 Å². The molecule has 0 saturated heterocycles. The Kier molecular flexibility index (Phi) is 1.65. The predicted octanol–water partition coefficient (Wildman–Crippen LogP) is 0.830. The molecule has 0 aliphatic rings. The number of nitrogens with zero attached hydrogens (tertiary/aromatic N) is 5. The van der Waals surface area contributed by atoms with Crippen LogP contribution in [0.25, 0.3) is 17.2 Å². The first-order chi connectivity index (χ1) is 7.34. The molecule has 0 unspecified atom stereocenters. The summed E-state index contributed by atoms with van der Waals surface area (Å²) in [7, 11) is 0. The molecule has 3 aromatic heterocycles. The van der Waals surface area contributed by atoms with Gasteiger partial charge in [0, 0.05) is 17.3 Å². The fourth-order valence-electron chi connectivity index (χ4n) is 1.34.